The minimum absolute atomic E-state index is 0.0591. The molecule has 0 unspecified atom stereocenters. The summed E-state index contributed by atoms with van der Waals surface area (Å²) in [6.45, 7) is 1.98. The number of aromatic nitrogens is 2. The highest BCUT2D eigenvalue weighted by atomic mass is 35.5. The van der Waals surface area contributed by atoms with E-state index in [1.807, 2.05) is 32.1 Å². The van der Waals surface area contributed by atoms with E-state index in [0.717, 1.165) is 37.1 Å². The Morgan fingerprint density at radius 2 is 1.86 bits per heavy atom. The van der Waals surface area contributed by atoms with Crippen LogP contribution in [0.5, 0.6) is 0 Å². The molecule has 3 rings (SSSR count). The van der Waals surface area contributed by atoms with E-state index < -0.39 is 5.82 Å². The Morgan fingerprint density at radius 3 is 2.50 bits per heavy atom. The molecule has 0 spiro atoms. The van der Waals surface area contributed by atoms with Crippen molar-refractivity contribution < 1.29 is 9.18 Å². The number of aryl methyl sites for hydroxylation is 1. The zero-order valence-corrected chi connectivity index (χ0v) is 17.1. The summed E-state index contributed by atoms with van der Waals surface area (Å²) in [7, 11) is 3.91. The van der Waals surface area contributed by atoms with Gasteiger partial charge < -0.3 is 15.5 Å². The Balaban J connectivity index is 1.53. The third-order valence-electron chi connectivity index (χ3n) is 4.89. The van der Waals surface area contributed by atoms with E-state index in [1.54, 1.807) is 0 Å². The van der Waals surface area contributed by atoms with E-state index in [-0.39, 0.29) is 28.6 Å². The van der Waals surface area contributed by atoms with Crippen LogP contribution in [-0.2, 0) is 0 Å². The molecule has 1 aromatic carbocycles. The molecular weight excluding hydrogens is 381 g/mol. The van der Waals surface area contributed by atoms with Gasteiger partial charge in [-0.25, -0.2) is 9.37 Å². The Bertz CT molecular complexity index is 832. The van der Waals surface area contributed by atoms with Crippen molar-refractivity contribution in [2.45, 2.75) is 44.7 Å². The minimum atomic E-state index is -0.513. The van der Waals surface area contributed by atoms with Gasteiger partial charge in [0.05, 0.1) is 0 Å². The minimum Gasteiger partial charge on any atom is -0.362 e. The smallest absolute Gasteiger partial charge is 0.251 e. The molecule has 1 aromatic heterocycles. The normalized spacial score (nSPS) is 19.2. The summed E-state index contributed by atoms with van der Waals surface area (Å²) >= 11 is 5.83. The zero-order chi connectivity index (χ0) is 20.3. The van der Waals surface area contributed by atoms with Crippen LogP contribution in [0.4, 0.5) is 16.2 Å². The maximum Gasteiger partial charge on any atom is 0.251 e. The number of amides is 1. The largest absolute Gasteiger partial charge is 0.362 e. The van der Waals surface area contributed by atoms with E-state index in [1.165, 1.54) is 18.2 Å². The standard InChI is InChI=1S/C20H25ClFN5O/c1-12-11-23-20(26-18(12)27(2)3)25-17-6-4-16(5-7-17)24-19(28)13-8-14(21)10-15(22)9-13/h8-11,16-17H,4-7H2,1-3H3,(H,24,28)(H,23,25,26). The lowest BCUT2D eigenvalue weighted by molar-refractivity contribution is 0.0926. The first kappa shape index (κ1) is 20.3. The number of benzene rings is 1. The number of carbonyl (C=O) groups excluding carboxylic acids is 1. The average molecular weight is 406 g/mol. The fourth-order valence-electron chi connectivity index (χ4n) is 3.47. The molecular formula is C20H25ClFN5O. The molecule has 6 nitrogen and oxygen atoms in total. The quantitative estimate of drug-likeness (QED) is 0.791. The van der Waals surface area contributed by atoms with Gasteiger partial charge in [0.2, 0.25) is 5.95 Å². The third kappa shape index (κ3) is 5.10. The van der Waals surface area contributed by atoms with Crippen molar-refractivity contribution >= 4 is 29.3 Å². The van der Waals surface area contributed by atoms with Crippen LogP contribution in [-0.4, -0.2) is 42.1 Å². The molecule has 0 radical (unpaired) electrons. The second kappa shape index (κ2) is 8.73. The lowest BCUT2D eigenvalue weighted by Gasteiger charge is -2.30. The first-order valence-electron chi connectivity index (χ1n) is 9.36. The highest BCUT2D eigenvalue weighted by molar-refractivity contribution is 6.31. The Labute approximate surface area is 169 Å². The van der Waals surface area contributed by atoms with Crippen molar-refractivity contribution in [3.63, 3.8) is 0 Å². The van der Waals surface area contributed by atoms with Crippen LogP contribution in [0.2, 0.25) is 5.02 Å². The average Bonchev–Trinajstić information content (AvgIpc) is 2.64. The van der Waals surface area contributed by atoms with Gasteiger partial charge >= 0.3 is 0 Å². The molecule has 0 aliphatic heterocycles. The summed E-state index contributed by atoms with van der Waals surface area (Å²) in [5, 5.41) is 6.59. The molecule has 150 valence electrons. The molecule has 0 atom stereocenters. The van der Waals surface area contributed by atoms with Gasteiger partial charge in [0, 0.05) is 48.5 Å². The van der Waals surface area contributed by atoms with E-state index in [2.05, 4.69) is 20.6 Å². The summed E-state index contributed by atoms with van der Waals surface area (Å²) in [4.78, 5) is 23.3. The highest BCUT2D eigenvalue weighted by Gasteiger charge is 2.24. The molecule has 8 heteroatoms. The SMILES string of the molecule is Cc1cnc(NC2CCC(NC(=O)c3cc(F)cc(Cl)c3)CC2)nc1N(C)C. The highest BCUT2D eigenvalue weighted by Crippen LogP contribution is 2.23. The summed E-state index contributed by atoms with van der Waals surface area (Å²) in [6.07, 6.45) is 5.27. The van der Waals surface area contributed by atoms with Gasteiger partial charge in [0.25, 0.3) is 5.91 Å². The number of nitrogens with one attached hydrogen (secondary N) is 2. The predicted octanol–water partition coefficient (Wildman–Crippen LogP) is 3.80. The fraction of sp³-hybridized carbons (Fsp3) is 0.450. The molecule has 1 saturated carbocycles. The van der Waals surface area contributed by atoms with Crippen LogP contribution >= 0.6 is 11.6 Å². The Morgan fingerprint density at radius 1 is 1.18 bits per heavy atom. The number of hydrogen-bond acceptors (Lipinski definition) is 5. The van der Waals surface area contributed by atoms with E-state index >= 15 is 0 Å². The molecule has 2 aromatic rings. The first-order chi connectivity index (χ1) is 13.3. The Hall–Kier alpha value is -2.41. The van der Waals surface area contributed by atoms with Crippen LogP contribution in [0.3, 0.4) is 0 Å². The number of nitrogens with zero attached hydrogens (tertiary/aromatic N) is 3. The number of hydrogen-bond donors (Lipinski definition) is 2. The molecule has 1 aliphatic rings. The molecule has 2 N–H and O–H groups in total. The second-order valence-corrected chi connectivity index (χ2v) is 7.86. The van der Waals surface area contributed by atoms with Gasteiger partial charge in [-0.3, -0.25) is 4.79 Å². The second-order valence-electron chi connectivity index (χ2n) is 7.42. The molecule has 1 heterocycles. The van der Waals surface area contributed by atoms with Gasteiger partial charge in [-0.2, -0.15) is 4.98 Å². The third-order valence-corrected chi connectivity index (χ3v) is 5.11. The van der Waals surface area contributed by atoms with Crippen molar-refractivity contribution in [3.05, 3.63) is 46.4 Å². The number of carbonyl (C=O) groups is 1. The summed E-state index contributed by atoms with van der Waals surface area (Å²) in [5.41, 5.74) is 1.27. The lowest BCUT2D eigenvalue weighted by atomic mass is 9.91. The predicted molar refractivity (Wildman–Crippen MR) is 110 cm³/mol. The Kier molecular flexibility index (Phi) is 6.34. The van der Waals surface area contributed by atoms with Crippen LogP contribution in [0.1, 0.15) is 41.6 Å². The van der Waals surface area contributed by atoms with Crippen molar-refractivity contribution in [2.24, 2.45) is 0 Å². The van der Waals surface area contributed by atoms with Gasteiger partial charge in [-0.15, -0.1) is 0 Å². The molecule has 28 heavy (non-hydrogen) atoms. The van der Waals surface area contributed by atoms with E-state index in [0.29, 0.717) is 5.95 Å². The molecule has 1 amide bonds. The van der Waals surface area contributed by atoms with Gasteiger partial charge in [0.1, 0.15) is 11.6 Å². The van der Waals surface area contributed by atoms with Gasteiger partial charge in [0.15, 0.2) is 0 Å². The van der Waals surface area contributed by atoms with Crippen LogP contribution < -0.4 is 15.5 Å². The van der Waals surface area contributed by atoms with Crippen LogP contribution in [0.15, 0.2) is 24.4 Å². The van der Waals surface area contributed by atoms with Crippen molar-refractivity contribution in [3.8, 4) is 0 Å². The lowest BCUT2D eigenvalue weighted by Crippen LogP contribution is -2.40. The fourth-order valence-corrected chi connectivity index (χ4v) is 3.70. The van der Waals surface area contributed by atoms with E-state index in [4.69, 9.17) is 11.6 Å². The van der Waals surface area contributed by atoms with Crippen LogP contribution in [0, 0.1) is 12.7 Å². The molecule has 1 aliphatic carbocycles. The topological polar surface area (TPSA) is 70.1 Å². The van der Waals surface area contributed by atoms with Crippen molar-refractivity contribution in [1.82, 2.24) is 15.3 Å². The van der Waals surface area contributed by atoms with Gasteiger partial charge in [-0.1, -0.05) is 11.6 Å². The van der Waals surface area contributed by atoms with Crippen molar-refractivity contribution in [2.75, 3.05) is 24.3 Å². The first-order valence-corrected chi connectivity index (χ1v) is 9.74. The number of anilines is 2. The van der Waals surface area contributed by atoms with E-state index in [9.17, 15) is 9.18 Å². The summed E-state index contributed by atoms with van der Waals surface area (Å²) in [5.74, 6) is 0.708. The van der Waals surface area contributed by atoms with Gasteiger partial charge in [-0.05, 0) is 50.8 Å². The molecule has 0 bridgehead atoms. The zero-order valence-electron chi connectivity index (χ0n) is 16.3. The maximum atomic E-state index is 13.4. The summed E-state index contributed by atoms with van der Waals surface area (Å²) < 4.78 is 13.4. The molecule has 0 saturated heterocycles. The monoisotopic (exact) mass is 405 g/mol. The molecule has 1 fully saturated rings. The maximum absolute atomic E-state index is 13.4. The number of halogens is 2. The number of rotatable bonds is 5. The van der Waals surface area contributed by atoms with Crippen molar-refractivity contribution in [1.29, 1.82) is 0 Å². The van der Waals surface area contributed by atoms with Crippen LogP contribution in [0.25, 0.3) is 0 Å². The summed E-state index contributed by atoms with van der Waals surface area (Å²) in [6, 6.07) is 4.18.